The monoisotopic (exact) mass is 410 g/mol. The Hall–Kier alpha value is -2.70. The highest BCUT2D eigenvalue weighted by molar-refractivity contribution is 7.98. The van der Waals surface area contributed by atoms with Crippen LogP contribution in [0.3, 0.4) is 0 Å². The number of halogens is 1. The molecule has 5 nitrogen and oxygen atoms in total. The molecular weight excluding hydrogens is 392 g/mol. The van der Waals surface area contributed by atoms with Crippen LogP contribution >= 0.6 is 23.4 Å². The Morgan fingerprint density at radius 3 is 2.36 bits per heavy atom. The van der Waals surface area contributed by atoms with Gasteiger partial charge in [0.25, 0.3) is 5.91 Å². The molecule has 1 N–H and O–H groups in total. The zero-order valence-corrected chi connectivity index (χ0v) is 17.1. The summed E-state index contributed by atoms with van der Waals surface area (Å²) in [5.74, 6) is 0.474. The summed E-state index contributed by atoms with van der Waals surface area (Å²) in [4.78, 5) is 21.0. The zero-order chi connectivity index (χ0) is 19.9. The molecule has 142 valence electrons. The average molecular weight is 411 g/mol. The third-order valence-corrected chi connectivity index (χ3v) is 4.97. The normalized spacial score (nSPS) is 11.0. The minimum atomic E-state index is -0.262. The van der Waals surface area contributed by atoms with Crippen LogP contribution in [0.4, 0.5) is 0 Å². The molecule has 1 heterocycles. The van der Waals surface area contributed by atoms with E-state index in [-0.39, 0.29) is 5.91 Å². The van der Waals surface area contributed by atoms with Gasteiger partial charge in [0.2, 0.25) is 0 Å². The van der Waals surface area contributed by atoms with E-state index in [2.05, 4.69) is 20.5 Å². The molecule has 0 aliphatic carbocycles. The van der Waals surface area contributed by atoms with Gasteiger partial charge >= 0.3 is 0 Å². The van der Waals surface area contributed by atoms with Crippen LogP contribution in [0.25, 0.3) is 0 Å². The van der Waals surface area contributed by atoms with E-state index in [1.54, 1.807) is 42.2 Å². The lowest BCUT2D eigenvalue weighted by atomic mass is 10.1. The third kappa shape index (κ3) is 5.90. The summed E-state index contributed by atoms with van der Waals surface area (Å²) in [5, 5.41) is 5.39. The average Bonchev–Trinajstić information content (AvgIpc) is 2.67. The number of nitrogens with zero attached hydrogens (tertiary/aromatic N) is 3. The lowest BCUT2D eigenvalue weighted by molar-refractivity contribution is 0.0955. The summed E-state index contributed by atoms with van der Waals surface area (Å²) < 4.78 is 0. The molecule has 0 saturated carbocycles. The van der Waals surface area contributed by atoms with E-state index in [4.69, 9.17) is 11.6 Å². The number of carbonyl (C=O) groups excluding carboxylic acids is 1. The second kappa shape index (κ2) is 9.48. The second-order valence-electron chi connectivity index (χ2n) is 6.17. The van der Waals surface area contributed by atoms with Crippen LogP contribution in [0.5, 0.6) is 0 Å². The molecule has 0 spiro atoms. The van der Waals surface area contributed by atoms with Crippen molar-refractivity contribution in [3.05, 3.63) is 87.7 Å². The molecule has 28 heavy (non-hydrogen) atoms. The molecular formula is C21H19ClN4OS. The first-order chi connectivity index (χ1) is 13.5. The molecule has 0 unspecified atom stereocenters. The van der Waals surface area contributed by atoms with Gasteiger partial charge in [-0.2, -0.15) is 5.10 Å². The van der Waals surface area contributed by atoms with Gasteiger partial charge in [-0.05, 0) is 55.3 Å². The number of aryl methyl sites for hydroxylation is 2. The highest BCUT2D eigenvalue weighted by Crippen LogP contribution is 2.20. The number of hydrogen-bond donors (Lipinski definition) is 1. The predicted octanol–water partition coefficient (Wildman–Crippen LogP) is 4.80. The standard InChI is InChI=1S/C21H19ClN4OS/c1-14-11-15(2)25-21(24-14)28-13-17-3-7-18(8-4-17)20(27)26-23-12-16-5-9-19(22)10-6-16/h3-12H,13H2,1-2H3,(H,26,27)/b23-12+. The van der Waals surface area contributed by atoms with E-state index < -0.39 is 0 Å². The van der Waals surface area contributed by atoms with E-state index in [1.165, 1.54) is 0 Å². The largest absolute Gasteiger partial charge is 0.271 e. The van der Waals surface area contributed by atoms with Gasteiger partial charge in [-0.1, -0.05) is 47.6 Å². The third-order valence-electron chi connectivity index (χ3n) is 3.80. The maximum atomic E-state index is 12.2. The van der Waals surface area contributed by atoms with Gasteiger partial charge in [0.15, 0.2) is 5.16 Å². The smallest absolute Gasteiger partial charge is 0.267 e. The van der Waals surface area contributed by atoms with Gasteiger partial charge in [0, 0.05) is 27.7 Å². The Bertz CT molecular complexity index is 968. The van der Waals surface area contributed by atoms with E-state index in [1.807, 2.05) is 44.2 Å². The SMILES string of the molecule is Cc1cc(C)nc(SCc2ccc(C(=O)N/N=C/c3ccc(Cl)cc3)cc2)n1. The van der Waals surface area contributed by atoms with Crippen molar-refractivity contribution in [2.75, 3.05) is 0 Å². The Balaban J connectivity index is 1.54. The molecule has 7 heteroatoms. The molecule has 0 saturated heterocycles. The van der Waals surface area contributed by atoms with Crippen molar-refractivity contribution < 1.29 is 4.79 Å². The zero-order valence-electron chi connectivity index (χ0n) is 15.5. The summed E-state index contributed by atoms with van der Waals surface area (Å²) in [6, 6.07) is 16.5. The fraction of sp³-hybridized carbons (Fsp3) is 0.143. The number of aromatic nitrogens is 2. The molecule has 2 aromatic carbocycles. The first kappa shape index (κ1) is 20.0. The molecule has 0 radical (unpaired) electrons. The maximum absolute atomic E-state index is 12.2. The Morgan fingerprint density at radius 1 is 1.07 bits per heavy atom. The first-order valence-corrected chi connectivity index (χ1v) is 9.99. The molecule has 1 aromatic heterocycles. The van der Waals surface area contributed by atoms with Crippen LogP contribution in [0, 0.1) is 13.8 Å². The van der Waals surface area contributed by atoms with Crippen molar-refractivity contribution in [2.24, 2.45) is 5.10 Å². The molecule has 0 bridgehead atoms. The lowest BCUT2D eigenvalue weighted by Crippen LogP contribution is -2.17. The topological polar surface area (TPSA) is 67.2 Å². The van der Waals surface area contributed by atoms with Crippen LogP contribution in [0.15, 0.2) is 64.9 Å². The van der Waals surface area contributed by atoms with E-state index >= 15 is 0 Å². The summed E-state index contributed by atoms with van der Waals surface area (Å²) in [6.45, 7) is 3.92. The Morgan fingerprint density at radius 2 is 1.71 bits per heavy atom. The number of benzene rings is 2. The Kier molecular flexibility index (Phi) is 6.79. The fourth-order valence-corrected chi connectivity index (χ4v) is 3.47. The van der Waals surface area contributed by atoms with Crippen LogP contribution in [0.2, 0.25) is 5.02 Å². The number of rotatable bonds is 6. The van der Waals surface area contributed by atoms with E-state index in [0.29, 0.717) is 10.6 Å². The maximum Gasteiger partial charge on any atom is 0.271 e. The van der Waals surface area contributed by atoms with Crippen molar-refractivity contribution in [3.63, 3.8) is 0 Å². The van der Waals surface area contributed by atoms with Crippen LogP contribution in [-0.2, 0) is 5.75 Å². The number of amides is 1. The van der Waals surface area contributed by atoms with Crippen molar-refractivity contribution >= 4 is 35.5 Å². The summed E-state index contributed by atoms with van der Waals surface area (Å²) in [7, 11) is 0. The molecule has 1 amide bonds. The summed E-state index contributed by atoms with van der Waals surface area (Å²) in [6.07, 6.45) is 1.57. The first-order valence-electron chi connectivity index (χ1n) is 8.62. The summed E-state index contributed by atoms with van der Waals surface area (Å²) in [5.41, 5.74) is 6.93. The van der Waals surface area contributed by atoms with Crippen molar-refractivity contribution in [2.45, 2.75) is 24.8 Å². The molecule has 0 aliphatic heterocycles. The van der Waals surface area contributed by atoms with Crippen LogP contribution in [-0.4, -0.2) is 22.1 Å². The highest BCUT2D eigenvalue weighted by Gasteiger charge is 2.06. The highest BCUT2D eigenvalue weighted by atomic mass is 35.5. The van der Waals surface area contributed by atoms with Gasteiger partial charge in [-0.15, -0.1) is 0 Å². The lowest BCUT2D eigenvalue weighted by Gasteiger charge is -2.05. The number of hydrazone groups is 1. The van der Waals surface area contributed by atoms with Crippen molar-refractivity contribution in [1.29, 1.82) is 0 Å². The number of nitrogens with one attached hydrogen (secondary N) is 1. The van der Waals surface area contributed by atoms with Crippen molar-refractivity contribution in [3.8, 4) is 0 Å². The second-order valence-corrected chi connectivity index (χ2v) is 7.55. The molecule has 3 rings (SSSR count). The number of thioether (sulfide) groups is 1. The van der Waals surface area contributed by atoms with Gasteiger partial charge in [0.1, 0.15) is 0 Å². The predicted molar refractivity (Wildman–Crippen MR) is 114 cm³/mol. The molecule has 0 atom stereocenters. The van der Waals surface area contributed by atoms with Gasteiger partial charge < -0.3 is 0 Å². The fourth-order valence-electron chi connectivity index (χ4n) is 2.44. The molecule has 3 aromatic rings. The molecule has 0 fully saturated rings. The Labute approximate surface area is 173 Å². The van der Waals surface area contributed by atoms with Gasteiger partial charge in [-0.25, -0.2) is 15.4 Å². The van der Waals surface area contributed by atoms with Gasteiger partial charge in [0.05, 0.1) is 6.21 Å². The minimum Gasteiger partial charge on any atom is -0.267 e. The quantitative estimate of drug-likeness (QED) is 0.274. The van der Waals surface area contributed by atoms with Crippen molar-refractivity contribution in [1.82, 2.24) is 15.4 Å². The van der Waals surface area contributed by atoms with Gasteiger partial charge in [-0.3, -0.25) is 4.79 Å². The molecule has 0 aliphatic rings. The van der Waals surface area contributed by atoms with Crippen LogP contribution < -0.4 is 5.43 Å². The summed E-state index contributed by atoms with van der Waals surface area (Å²) >= 11 is 7.41. The van der Waals surface area contributed by atoms with Crippen LogP contribution in [0.1, 0.15) is 32.9 Å². The van der Waals surface area contributed by atoms with E-state index in [0.717, 1.165) is 33.4 Å². The minimum absolute atomic E-state index is 0.262. The number of carbonyl (C=O) groups is 1. The number of hydrogen-bond acceptors (Lipinski definition) is 5. The van der Waals surface area contributed by atoms with E-state index in [9.17, 15) is 4.79 Å².